The van der Waals surface area contributed by atoms with Crippen LogP contribution in [0.25, 0.3) is 33.1 Å². The van der Waals surface area contributed by atoms with Crippen LogP contribution in [0.1, 0.15) is 20.7 Å². The van der Waals surface area contributed by atoms with Gasteiger partial charge in [-0.3, -0.25) is 4.98 Å². The molecule has 0 aliphatic rings. The van der Waals surface area contributed by atoms with Crippen molar-refractivity contribution in [3.8, 4) is 11.3 Å². The van der Waals surface area contributed by atoms with Gasteiger partial charge in [-0.25, -0.2) is 4.98 Å². The molecule has 0 spiro atoms. The predicted molar refractivity (Wildman–Crippen MR) is 91.1 cm³/mol. The van der Waals surface area contributed by atoms with Crippen molar-refractivity contribution >= 4 is 33.7 Å². The number of aromatic carboxylic acids is 2. The molecule has 0 atom stereocenters. The third kappa shape index (κ3) is 2.44. The molecular formula is C20H10N2O4-2. The van der Waals surface area contributed by atoms with E-state index in [1.165, 1.54) is 6.07 Å². The molecule has 2 heterocycles. The second kappa shape index (κ2) is 5.93. The van der Waals surface area contributed by atoms with Crippen LogP contribution in [0.5, 0.6) is 0 Å². The minimum atomic E-state index is -1.39. The Morgan fingerprint density at radius 1 is 0.808 bits per heavy atom. The minimum absolute atomic E-state index is 0.0545. The smallest absolute Gasteiger partial charge is 0.0728 e. The van der Waals surface area contributed by atoms with Crippen LogP contribution >= 0.6 is 0 Å². The molecule has 0 N–H and O–H groups in total. The number of carboxylic acid groups (broad SMARTS) is 2. The van der Waals surface area contributed by atoms with Gasteiger partial charge in [-0.15, -0.1) is 0 Å². The molecule has 2 aromatic carbocycles. The molecule has 6 nitrogen and oxygen atoms in total. The number of carbonyl (C=O) groups is 2. The van der Waals surface area contributed by atoms with E-state index in [9.17, 15) is 19.8 Å². The topological polar surface area (TPSA) is 106 Å². The average Bonchev–Trinajstić information content (AvgIpc) is 2.65. The Hall–Kier alpha value is -3.80. The lowest BCUT2D eigenvalue weighted by Crippen LogP contribution is -2.24. The molecule has 0 unspecified atom stereocenters. The quantitative estimate of drug-likeness (QED) is 0.553. The Morgan fingerprint density at radius 3 is 2.35 bits per heavy atom. The highest BCUT2D eigenvalue weighted by Crippen LogP contribution is 2.30. The Labute approximate surface area is 147 Å². The van der Waals surface area contributed by atoms with E-state index in [-0.39, 0.29) is 22.4 Å². The van der Waals surface area contributed by atoms with Crippen LogP contribution in [0.15, 0.2) is 60.8 Å². The van der Waals surface area contributed by atoms with Crippen molar-refractivity contribution in [3.05, 3.63) is 71.9 Å². The zero-order valence-electron chi connectivity index (χ0n) is 13.3. The van der Waals surface area contributed by atoms with Crippen LogP contribution < -0.4 is 10.2 Å². The Balaban J connectivity index is 2.09. The van der Waals surface area contributed by atoms with E-state index in [2.05, 4.69) is 9.97 Å². The largest absolute Gasteiger partial charge is 0.545 e. The Kier molecular flexibility index (Phi) is 3.58. The highest BCUT2D eigenvalue weighted by atomic mass is 16.4. The summed E-state index contributed by atoms with van der Waals surface area (Å²) >= 11 is 0. The fourth-order valence-electron chi connectivity index (χ4n) is 3.07. The van der Waals surface area contributed by atoms with Gasteiger partial charge >= 0.3 is 0 Å². The minimum Gasteiger partial charge on any atom is -0.545 e. The lowest BCUT2D eigenvalue weighted by molar-refractivity contribution is -0.255. The molecule has 0 aliphatic carbocycles. The van der Waals surface area contributed by atoms with Gasteiger partial charge in [0, 0.05) is 33.7 Å². The summed E-state index contributed by atoms with van der Waals surface area (Å²) < 4.78 is 0. The number of pyridine rings is 2. The van der Waals surface area contributed by atoms with E-state index in [0.717, 1.165) is 0 Å². The first-order valence-corrected chi connectivity index (χ1v) is 7.77. The summed E-state index contributed by atoms with van der Waals surface area (Å²) in [6.07, 6.45) is 1.56. The molecule has 0 saturated heterocycles. The van der Waals surface area contributed by atoms with Crippen molar-refractivity contribution in [1.29, 1.82) is 0 Å². The lowest BCUT2D eigenvalue weighted by Gasteiger charge is -2.15. The molecule has 0 fully saturated rings. The molecule has 6 heteroatoms. The van der Waals surface area contributed by atoms with Crippen LogP contribution in [-0.2, 0) is 0 Å². The van der Waals surface area contributed by atoms with Crippen molar-refractivity contribution < 1.29 is 19.8 Å². The van der Waals surface area contributed by atoms with Crippen molar-refractivity contribution in [2.45, 2.75) is 0 Å². The first-order chi connectivity index (χ1) is 12.6. The van der Waals surface area contributed by atoms with E-state index in [4.69, 9.17) is 0 Å². The Bertz CT molecular complexity index is 1200. The third-order valence-electron chi connectivity index (χ3n) is 4.20. The predicted octanol–water partition coefficient (Wildman–Crippen LogP) is 1.18. The first-order valence-electron chi connectivity index (χ1n) is 7.77. The maximum absolute atomic E-state index is 11.8. The van der Waals surface area contributed by atoms with Gasteiger partial charge in [-0.2, -0.15) is 0 Å². The number of benzene rings is 2. The fraction of sp³-hybridized carbons (Fsp3) is 0. The van der Waals surface area contributed by atoms with E-state index in [1.807, 2.05) is 0 Å². The number of aromatic nitrogens is 2. The molecule has 26 heavy (non-hydrogen) atoms. The SMILES string of the molecule is O=C([O-])c1cc(-c2ccc3ncccc3c2C(=O)[O-])nc2ccccc12. The maximum atomic E-state index is 11.8. The van der Waals surface area contributed by atoms with Gasteiger partial charge < -0.3 is 19.8 Å². The number of carboxylic acids is 2. The second-order valence-corrected chi connectivity index (χ2v) is 5.71. The third-order valence-corrected chi connectivity index (χ3v) is 4.20. The summed E-state index contributed by atoms with van der Waals surface area (Å²) in [6, 6.07) is 14.5. The van der Waals surface area contributed by atoms with E-state index in [0.29, 0.717) is 21.8 Å². The van der Waals surface area contributed by atoms with Crippen molar-refractivity contribution in [1.82, 2.24) is 9.97 Å². The fourth-order valence-corrected chi connectivity index (χ4v) is 3.07. The Morgan fingerprint density at radius 2 is 1.58 bits per heavy atom. The molecule has 2 aromatic heterocycles. The number of rotatable bonds is 3. The highest BCUT2D eigenvalue weighted by Gasteiger charge is 2.15. The molecule has 126 valence electrons. The van der Waals surface area contributed by atoms with Crippen LogP contribution in [0, 0.1) is 0 Å². The number of nitrogens with zero attached hydrogens (tertiary/aromatic N) is 2. The number of hydrogen-bond donors (Lipinski definition) is 0. The van der Waals surface area contributed by atoms with Crippen molar-refractivity contribution in [2.75, 3.05) is 0 Å². The van der Waals surface area contributed by atoms with Gasteiger partial charge in [0.05, 0.1) is 28.7 Å². The van der Waals surface area contributed by atoms with Crippen molar-refractivity contribution in [3.63, 3.8) is 0 Å². The molecule has 0 saturated carbocycles. The molecule has 0 radical (unpaired) electrons. The van der Waals surface area contributed by atoms with Gasteiger partial charge in [0.2, 0.25) is 0 Å². The standard InChI is InChI=1S/C20H12N2O4/c23-19(24)14-10-17(22-16-6-2-1-4-11(14)16)13-7-8-15-12(5-3-9-21-15)18(13)20(25)26/h1-10H,(H,23,24)(H,25,26)/p-2. The molecule has 0 amide bonds. The van der Waals surface area contributed by atoms with Gasteiger partial charge in [0.1, 0.15) is 0 Å². The number of fused-ring (bicyclic) bond motifs is 2. The molecular weight excluding hydrogens is 332 g/mol. The zero-order valence-corrected chi connectivity index (χ0v) is 13.3. The summed E-state index contributed by atoms with van der Waals surface area (Å²) in [7, 11) is 0. The average molecular weight is 342 g/mol. The van der Waals surface area contributed by atoms with Gasteiger partial charge in [0.15, 0.2) is 0 Å². The maximum Gasteiger partial charge on any atom is 0.0728 e. The number of para-hydroxylation sites is 1. The van der Waals surface area contributed by atoms with E-state index >= 15 is 0 Å². The van der Waals surface area contributed by atoms with Crippen LogP contribution in [0.4, 0.5) is 0 Å². The number of carbonyl (C=O) groups excluding carboxylic acids is 2. The monoisotopic (exact) mass is 342 g/mol. The van der Waals surface area contributed by atoms with Crippen LogP contribution in [-0.4, -0.2) is 21.9 Å². The molecule has 0 aliphatic heterocycles. The van der Waals surface area contributed by atoms with Gasteiger partial charge in [-0.05, 0) is 30.3 Å². The van der Waals surface area contributed by atoms with Crippen molar-refractivity contribution in [2.24, 2.45) is 0 Å². The normalized spacial score (nSPS) is 10.9. The molecule has 4 aromatic rings. The second-order valence-electron chi connectivity index (χ2n) is 5.71. The summed E-state index contributed by atoms with van der Waals surface area (Å²) in [6.45, 7) is 0. The summed E-state index contributed by atoms with van der Waals surface area (Å²) in [4.78, 5) is 31.9. The lowest BCUT2D eigenvalue weighted by atomic mass is 9.97. The van der Waals surface area contributed by atoms with Gasteiger partial charge in [0.25, 0.3) is 0 Å². The summed E-state index contributed by atoms with van der Waals surface area (Å²) in [5.74, 6) is -2.74. The van der Waals surface area contributed by atoms with E-state index in [1.54, 1.807) is 54.7 Å². The zero-order chi connectivity index (χ0) is 18.3. The first kappa shape index (κ1) is 15.7. The van der Waals surface area contributed by atoms with Gasteiger partial charge in [-0.1, -0.05) is 24.3 Å². The molecule has 0 bridgehead atoms. The number of hydrogen-bond acceptors (Lipinski definition) is 6. The van der Waals surface area contributed by atoms with Crippen LogP contribution in [0.2, 0.25) is 0 Å². The summed E-state index contributed by atoms with van der Waals surface area (Å²) in [5, 5.41) is 24.2. The summed E-state index contributed by atoms with van der Waals surface area (Å²) in [5.41, 5.74) is 1.27. The molecule has 4 rings (SSSR count). The van der Waals surface area contributed by atoms with Crippen LogP contribution in [0.3, 0.4) is 0 Å². The highest BCUT2D eigenvalue weighted by molar-refractivity contribution is 6.09. The van der Waals surface area contributed by atoms with E-state index < -0.39 is 11.9 Å².